The monoisotopic (exact) mass is 159 g/mol. The summed E-state index contributed by atoms with van der Waals surface area (Å²) >= 11 is 5.46. The highest BCUT2D eigenvalue weighted by atomic mass is 35.5. The summed E-state index contributed by atoms with van der Waals surface area (Å²) in [6.07, 6.45) is 1.93. The number of hydrogen-bond acceptors (Lipinski definition) is 1. The maximum Gasteiger partial charge on any atom is 0.0596 e. The zero-order valence-corrected chi connectivity index (χ0v) is 7.41. The minimum atomic E-state index is 0.719. The van der Waals surface area contributed by atoms with E-state index in [2.05, 4.69) is 11.8 Å². The van der Waals surface area contributed by atoms with Gasteiger partial charge in [-0.3, -0.25) is 4.90 Å². The van der Waals surface area contributed by atoms with Crippen molar-refractivity contribution in [2.75, 3.05) is 26.5 Å². The van der Waals surface area contributed by atoms with Crippen LogP contribution in [0.15, 0.2) is 0 Å². The van der Waals surface area contributed by atoms with Crippen molar-refractivity contribution in [2.24, 2.45) is 0 Å². The summed E-state index contributed by atoms with van der Waals surface area (Å²) in [6.45, 7) is 0.849. The Balaban J connectivity index is 3.14. The van der Waals surface area contributed by atoms with Gasteiger partial charge in [0.15, 0.2) is 0 Å². The van der Waals surface area contributed by atoms with Crippen LogP contribution in [0.4, 0.5) is 0 Å². The summed E-state index contributed by atoms with van der Waals surface area (Å²) < 4.78 is 0. The minimum absolute atomic E-state index is 0.719. The first kappa shape index (κ1) is 9.81. The molecule has 0 aliphatic carbocycles. The molecule has 0 saturated carbocycles. The summed E-state index contributed by atoms with van der Waals surface area (Å²) in [5, 5.41) is 0. The summed E-state index contributed by atoms with van der Waals surface area (Å²) in [5.41, 5.74) is 0. The van der Waals surface area contributed by atoms with Crippen molar-refractivity contribution in [1.29, 1.82) is 0 Å². The van der Waals surface area contributed by atoms with Gasteiger partial charge >= 0.3 is 0 Å². The van der Waals surface area contributed by atoms with Crippen LogP contribution in [0.1, 0.15) is 12.8 Å². The van der Waals surface area contributed by atoms with Crippen molar-refractivity contribution >= 4 is 11.6 Å². The fourth-order valence-electron chi connectivity index (χ4n) is 0.458. The molecule has 0 aliphatic rings. The van der Waals surface area contributed by atoms with Gasteiger partial charge in [0.05, 0.1) is 6.54 Å². The van der Waals surface area contributed by atoms with Gasteiger partial charge in [0.1, 0.15) is 0 Å². The largest absolute Gasteiger partial charge is 0.299 e. The van der Waals surface area contributed by atoms with Crippen molar-refractivity contribution in [2.45, 2.75) is 12.8 Å². The van der Waals surface area contributed by atoms with Crippen LogP contribution in [-0.2, 0) is 0 Å². The van der Waals surface area contributed by atoms with E-state index in [1.807, 2.05) is 19.0 Å². The minimum Gasteiger partial charge on any atom is -0.299 e. The van der Waals surface area contributed by atoms with Gasteiger partial charge in [-0.15, -0.1) is 17.5 Å². The molecule has 0 N–H and O–H groups in total. The number of unbranched alkanes of at least 4 members (excludes halogenated alkanes) is 1. The van der Waals surface area contributed by atoms with Gasteiger partial charge in [-0.05, 0) is 20.5 Å². The van der Waals surface area contributed by atoms with Crippen LogP contribution >= 0.6 is 11.6 Å². The molecule has 0 fully saturated rings. The maximum absolute atomic E-state index is 5.46. The average Bonchev–Trinajstić information content (AvgIpc) is 1.87. The third kappa shape index (κ3) is 7.81. The van der Waals surface area contributed by atoms with Crippen LogP contribution in [0.3, 0.4) is 0 Å². The molecule has 58 valence electrons. The molecule has 0 rings (SSSR count). The Morgan fingerprint density at radius 1 is 1.30 bits per heavy atom. The van der Waals surface area contributed by atoms with E-state index in [9.17, 15) is 0 Å². The molecule has 0 saturated heterocycles. The van der Waals surface area contributed by atoms with E-state index in [1.165, 1.54) is 0 Å². The number of halogens is 1. The molecule has 0 aromatic heterocycles. The molecule has 0 atom stereocenters. The van der Waals surface area contributed by atoms with Crippen LogP contribution in [-0.4, -0.2) is 31.4 Å². The van der Waals surface area contributed by atoms with Crippen molar-refractivity contribution < 1.29 is 0 Å². The lowest BCUT2D eigenvalue weighted by Crippen LogP contribution is -2.10. The third-order valence-corrected chi connectivity index (χ3v) is 1.22. The zero-order chi connectivity index (χ0) is 7.82. The fourth-order valence-corrected chi connectivity index (χ4v) is 0.591. The van der Waals surface area contributed by atoms with Crippen molar-refractivity contribution in [3.05, 3.63) is 0 Å². The van der Waals surface area contributed by atoms with Crippen molar-refractivity contribution in [1.82, 2.24) is 4.90 Å². The molecule has 0 aliphatic heterocycles. The van der Waals surface area contributed by atoms with Gasteiger partial charge in [-0.2, -0.15) is 0 Å². The van der Waals surface area contributed by atoms with E-state index in [0.29, 0.717) is 0 Å². The second kappa shape index (κ2) is 6.92. The molecule has 0 unspecified atom stereocenters. The molecule has 2 heteroatoms. The standard InChI is InChI=1S/C8H14ClN/c1-10(2)8-6-4-3-5-7-9/h3,5,7-8H2,1-2H3. The predicted octanol–water partition coefficient (Wildman–Crippen LogP) is 1.57. The SMILES string of the molecule is CN(C)CC#CCCCCl. The quantitative estimate of drug-likeness (QED) is 0.343. The van der Waals surface area contributed by atoms with Crippen LogP contribution in [0, 0.1) is 11.8 Å². The van der Waals surface area contributed by atoms with Gasteiger partial charge in [0.25, 0.3) is 0 Å². The first-order valence-corrected chi connectivity index (χ1v) is 3.97. The van der Waals surface area contributed by atoms with Crippen LogP contribution < -0.4 is 0 Å². The first-order valence-electron chi connectivity index (χ1n) is 3.44. The Labute approximate surface area is 68.4 Å². The van der Waals surface area contributed by atoms with E-state index in [4.69, 9.17) is 11.6 Å². The van der Waals surface area contributed by atoms with Crippen LogP contribution in [0.5, 0.6) is 0 Å². The summed E-state index contributed by atoms with van der Waals surface area (Å²) in [5.74, 6) is 6.80. The number of hydrogen-bond donors (Lipinski definition) is 0. The lowest BCUT2D eigenvalue weighted by molar-refractivity contribution is 0.463. The molecule has 0 amide bonds. The molecule has 0 aromatic rings. The van der Waals surface area contributed by atoms with E-state index < -0.39 is 0 Å². The van der Waals surface area contributed by atoms with Gasteiger partial charge in [0.2, 0.25) is 0 Å². The van der Waals surface area contributed by atoms with Gasteiger partial charge in [-0.25, -0.2) is 0 Å². The smallest absolute Gasteiger partial charge is 0.0596 e. The lowest BCUT2D eigenvalue weighted by atomic mass is 10.3. The molecular formula is C8H14ClN. The average molecular weight is 160 g/mol. The van der Waals surface area contributed by atoms with Gasteiger partial charge in [-0.1, -0.05) is 5.92 Å². The van der Waals surface area contributed by atoms with Gasteiger partial charge < -0.3 is 0 Å². The lowest BCUT2D eigenvalue weighted by Gasteiger charge is -2.00. The summed E-state index contributed by atoms with van der Waals surface area (Å²) in [7, 11) is 4.02. The zero-order valence-electron chi connectivity index (χ0n) is 6.65. The second-order valence-corrected chi connectivity index (χ2v) is 2.76. The van der Waals surface area contributed by atoms with E-state index in [1.54, 1.807) is 0 Å². The Morgan fingerprint density at radius 3 is 2.50 bits per heavy atom. The number of alkyl halides is 1. The molecule has 0 aromatic carbocycles. The topological polar surface area (TPSA) is 3.24 Å². The van der Waals surface area contributed by atoms with E-state index in [0.717, 1.165) is 25.3 Å². The second-order valence-electron chi connectivity index (χ2n) is 2.38. The third-order valence-electron chi connectivity index (χ3n) is 0.956. The van der Waals surface area contributed by atoms with Crippen molar-refractivity contribution in [3.63, 3.8) is 0 Å². The Morgan fingerprint density at radius 2 is 2.00 bits per heavy atom. The normalized spacial score (nSPS) is 9.20. The Kier molecular flexibility index (Phi) is 6.79. The van der Waals surface area contributed by atoms with Gasteiger partial charge in [0, 0.05) is 12.3 Å². The number of nitrogens with zero attached hydrogens (tertiary/aromatic N) is 1. The molecule has 10 heavy (non-hydrogen) atoms. The first-order chi connectivity index (χ1) is 4.77. The van der Waals surface area contributed by atoms with E-state index in [-0.39, 0.29) is 0 Å². The molecule has 0 bridgehead atoms. The molecular weight excluding hydrogens is 146 g/mol. The summed E-state index contributed by atoms with van der Waals surface area (Å²) in [4.78, 5) is 2.05. The predicted molar refractivity (Wildman–Crippen MR) is 46.3 cm³/mol. The summed E-state index contributed by atoms with van der Waals surface area (Å²) in [6, 6.07) is 0. The highest BCUT2D eigenvalue weighted by Gasteiger charge is 1.80. The highest BCUT2D eigenvalue weighted by molar-refractivity contribution is 6.17. The maximum atomic E-state index is 5.46. The van der Waals surface area contributed by atoms with Crippen LogP contribution in [0.25, 0.3) is 0 Å². The Hall–Kier alpha value is -0.190. The van der Waals surface area contributed by atoms with Crippen LogP contribution in [0.2, 0.25) is 0 Å². The highest BCUT2D eigenvalue weighted by Crippen LogP contribution is 1.88. The fraction of sp³-hybridized carbons (Fsp3) is 0.750. The Bertz CT molecular complexity index is 121. The molecule has 0 heterocycles. The molecule has 0 spiro atoms. The molecule has 1 nitrogen and oxygen atoms in total. The van der Waals surface area contributed by atoms with Crippen molar-refractivity contribution in [3.8, 4) is 11.8 Å². The molecule has 0 radical (unpaired) electrons. The van der Waals surface area contributed by atoms with E-state index >= 15 is 0 Å². The number of rotatable bonds is 3.